The number of ether oxygens (including phenoxy) is 1. The number of phenolic OH excluding ortho intramolecular Hbond substituents is 1. The molecule has 212 valence electrons. The van der Waals surface area contributed by atoms with Gasteiger partial charge in [0, 0.05) is 6.04 Å². The zero-order valence-corrected chi connectivity index (χ0v) is 24.1. The highest BCUT2D eigenvalue weighted by Gasteiger charge is 2.39. The minimum Gasteiger partial charge on any atom is -0.508 e. The Kier molecular flexibility index (Phi) is 10.3. The van der Waals surface area contributed by atoms with E-state index in [1.807, 2.05) is 0 Å². The minimum absolute atomic E-state index is 0.0143. The zero-order valence-electron chi connectivity index (χ0n) is 23.3. The number of nitrogens with zero attached hydrogens (tertiary/aromatic N) is 1. The van der Waals surface area contributed by atoms with Gasteiger partial charge in [-0.3, -0.25) is 14.4 Å². The first-order valence-corrected chi connectivity index (χ1v) is 12.8. The lowest BCUT2D eigenvalue weighted by Gasteiger charge is -2.37. The number of amides is 4. The number of primary amides is 1. The number of carbonyl (C=O) groups excluding carboxylic acids is 4. The van der Waals surface area contributed by atoms with Crippen LogP contribution in [0.25, 0.3) is 0 Å². The Morgan fingerprint density at radius 3 is 2.23 bits per heavy atom. The molecule has 11 heteroatoms. The molecule has 0 fully saturated rings. The largest absolute Gasteiger partial charge is 0.508 e. The van der Waals surface area contributed by atoms with E-state index in [4.69, 9.17) is 22.1 Å². The molecule has 0 aliphatic heterocycles. The van der Waals surface area contributed by atoms with Crippen molar-refractivity contribution in [3.8, 4) is 5.75 Å². The van der Waals surface area contributed by atoms with Gasteiger partial charge in [0.15, 0.2) is 0 Å². The van der Waals surface area contributed by atoms with E-state index in [1.54, 1.807) is 72.7 Å². The van der Waals surface area contributed by atoms with Crippen LogP contribution in [-0.4, -0.2) is 51.5 Å². The van der Waals surface area contributed by atoms with Crippen molar-refractivity contribution in [3.05, 3.63) is 58.1 Å². The van der Waals surface area contributed by atoms with Crippen molar-refractivity contribution in [1.29, 1.82) is 0 Å². The van der Waals surface area contributed by atoms with E-state index in [0.717, 1.165) is 0 Å². The van der Waals surface area contributed by atoms with Crippen molar-refractivity contribution >= 4 is 41.1 Å². The van der Waals surface area contributed by atoms with Crippen LogP contribution in [0.3, 0.4) is 0 Å². The Morgan fingerprint density at radius 2 is 1.72 bits per heavy atom. The molecule has 0 spiro atoms. The van der Waals surface area contributed by atoms with Gasteiger partial charge in [-0.15, -0.1) is 0 Å². The quantitative estimate of drug-likeness (QED) is 0.358. The molecule has 39 heavy (non-hydrogen) atoms. The number of aromatic hydroxyl groups is 1. The van der Waals surface area contributed by atoms with Crippen LogP contribution in [0.5, 0.6) is 5.75 Å². The third-order valence-corrected chi connectivity index (χ3v) is 6.05. The molecule has 2 unspecified atom stereocenters. The zero-order chi connectivity index (χ0) is 29.7. The molecular weight excluding hydrogens is 524 g/mol. The second kappa shape index (κ2) is 12.8. The molecule has 2 aromatic carbocycles. The second-order valence-electron chi connectivity index (χ2n) is 10.6. The number of nitrogens with one attached hydrogen (secondary N) is 2. The van der Waals surface area contributed by atoms with Crippen LogP contribution in [0.1, 0.15) is 63.8 Å². The summed E-state index contributed by atoms with van der Waals surface area (Å²) in [6.45, 7) is 11.8. The first-order valence-electron chi connectivity index (χ1n) is 12.5. The number of para-hydroxylation sites is 1. The number of alkyl carbamates (subject to hydrolysis) is 1. The number of halogens is 1. The lowest BCUT2D eigenvalue weighted by Crippen LogP contribution is -2.55. The molecule has 5 N–H and O–H groups in total. The highest BCUT2D eigenvalue weighted by molar-refractivity contribution is 6.34. The minimum atomic E-state index is -1.41. The van der Waals surface area contributed by atoms with Crippen molar-refractivity contribution in [2.45, 2.75) is 78.6 Å². The molecule has 4 amide bonds. The number of hydrogen-bond donors (Lipinski definition) is 4. The van der Waals surface area contributed by atoms with Gasteiger partial charge in [0.05, 0.1) is 17.1 Å². The Balaban J connectivity index is 2.61. The van der Waals surface area contributed by atoms with E-state index in [1.165, 1.54) is 17.0 Å². The lowest BCUT2D eigenvalue weighted by atomic mass is 9.98. The summed E-state index contributed by atoms with van der Waals surface area (Å²) < 4.78 is 5.27. The van der Waals surface area contributed by atoms with Crippen molar-refractivity contribution in [2.75, 3.05) is 5.32 Å². The van der Waals surface area contributed by atoms with Gasteiger partial charge in [-0.2, -0.15) is 0 Å². The maximum Gasteiger partial charge on any atom is 0.408 e. The molecule has 2 rings (SSSR count). The highest BCUT2D eigenvalue weighted by atomic mass is 35.5. The van der Waals surface area contributed by atoms with Crippen molar-refractivity contribution in [1.82, 2.24) is 10.2 Å². The monoisotopic (exact) mass is 560 g/mol. The Labute approximate surface area is 233 Å². The average Bonchev–Trinajstić information content (AvgIpc) is 2.79. The summed E-state index contributed by atoms with van der Waals surface area (Å²) in [6, 6.07) is 6.47. The molecule has 0 radical (unpaired) electrons. The predicted octanol–water partition coefficient (Wildman–Crippen LogP) is 4.35. The number of carbonyl (C=O) groups is 4. The Bertz CT molecular complexity index is 1220. The smallest absolute Gasteiger partial charge is 0.408 e. The maximum atomic E-state index is 14.0. The average molecular weight is 561 g/mol. The Morgan fingerprint density at radius 1 is 1.08 bits per heavy atom. The summed E-state index contributed by atoms with van der Waals surface area (Å²) >= 11 is 6.35. The number of aryl methyl sites for hydroxylation is 2. The number of rotatable bonds is 9. The van der Waals surface area contributed by atoms with Crippen LogP contribution in [0.2, 0.25) is 5.02 Å². The van der Waals surface area contributed by atoms with Gasteiger partial charge in [-0.05, 0) is 83.4 Å². The van der Waals surface area contributed by atoms with E-state index in [-0.39, 0.29) is 5.75 Å². The van der Waals surface area contributed by atoms with Crippen molar-refractivity contribution < 1.29 is 29.0 Å². The molecule has 0 saturated carbocycles. The van der Waals surface area contributed by atoms with Crippen LogP contribution >= 0.6 is 11.6 Å². The van der Waals surface area contributed by atoms with Crippen molar-refractivity contribution in [3.63, 3.8) is 0 Å². The van der Waals surface area contributed by atoms with Crippen LogP contribution in [0.4, 0.5) is 10.5 Å². The molecule has 0 bridgehead atoms. The van der Waals surface area contributed by atoms with Crippen LogP contribution in [-0.2, 0) is 19.1 Å². The van der Waals surface area contributed by atoms with Crippen LogP contribution < -0.4 is 16.4 Å². The van der Waals surface area contributed by atoms with Gasteiger partial charge in [-0.1, -0.05) is 29.8 Å². The van der Waals surface area contributed by atoms with Crippen molar-refractivity contribution in [2.24, 2.45) is 5.73 Å². The second-order valence-corrected chi connectivity index (χ2v) is 11.0. The van der Waals surface area contributed by atoms with Gasteiger partial charge in [0.1, 0.15) is 23.4 Å². The van der Waals surface area contributed by atoms with E-state index in [9.17, 15) is 24.3 Å². The number of benzene rings is 2. The summed E-state index contributed by atoms with van der Waals surface area (Å²) in [5.41, 5.74) is 6.50. The summed E-state index contributed by atoms with van der Waals surface area (Å²) in [4.78, 5) is 53.5. The lowest BCUT2D eigenvalue weighted by molar-refractivity contribution is -0.143. The fourth-order valence-electron chi connectivity index (χ4n) is 3.98. The first-order chi connectivity index (χ1) is 18.0. The van der Waals surface area contributed by atoms with Gasteiger partial charge < -0.3 is 31.1 Å². The van der Waals surface area contributed by atoms with Gasteiger partial charge in [0.2, 0.25) is 11.8 Å². The van der Waals surface area contributed by atoms with Gasteiger partial charge >= 0.3 is 6.09 Å². The van der Waals surface area contributed by atoms with E-state index in [2.05, 4.69) is 10.6 Å². The molecule has 0 aliphatic carbocycles. The standard InChI is InChI=1S/C28H37ClN4O6/c1-15(2)33(26(37)20(14-22(30)35)31-27(38)39-28(5,6)7)24(18-11-12-21(34)17(4)13-18)25(36)32-23-16(3)9-8-10-19(23)29/h8-13,15,20,24,34H,14H2,1-7H3,(H2,30,35)(H,31,38)(H,32,36). The fourth-order valence-corrected chi connectivity index (χ4v) is 4.25. The molecule has 0 saturated heterocycles. The third kappa shape index (κ3) is 8.61. The summed E-state index contributed by atoms with van der Waals surface area (Å²) in [6.07, 6.45) is -1.44. The van der Waals surface area contributed by atoms with Crippen LogP contribution in [0.15, 0.2) is 36.4 Å². The SMILES string of the molecule is Cc1cc(C(C(=O)Nc2c(C)cccc2Cl)N(C(=O)C(CC(N)=O)NC(=O)OC(C)(C)C)C(C)C)ccc1O. The van der Waals surface area contributed by atoms with E-state index in [0.29, 0.717) is 27.4 Å². The highest BCUT2D eigenvalue weighted by Crippen LogP contribution is 2.32. The molecule has 0 aliphatic rings. The Hall–Kier alpha value is -3.79. The maximum absolute atomic E-state index is 14.0. The fraction of sp³-hybridized carbons (Fsp3) is 0.429. The number of hydrogen-bond acceptors (Lipinski definition) is 6. The third-order valence-electron chi connectivity index (χ3n) is 5.74. The topological polar surface area (TPSA) is 151 Å². The molecule has 0 heterocycles. The molecule has 2 atom stereocenters. The van der Waals surface area contributed by atoms with E-state index < -0.39 is 54.0 Å². The number of phenols is 1. The van der Waals surface area contributed by atoms with Crippen LogP contribution in [0, 0.1) is 13.8 Å². The number of anilines is 1. The molecule has 2 aromatic rings. The molecular formula is C28H37ClN4O6. The molecule has 0 aromatic heterocycles. The normalized spacial score (nSPS) is 12.8. The summed E-state index contributed by atoms with van der Waals surface area (Å²) in [7, 11) is 0. The van der Waals surface area contributed by atoms with E-state index >= 15 is 0 Å². The summed E-state index contributed by atoms with van der Waals surface area (Å²) in [5, 5.41) is 15.7. The summed E-state index contributed by atoms with van der Waals surface area (Å²) in [5.74, 6) is -2.13. The predicted molar refractivity (Wildman–Crippen MR) is 149 cm³/mol. The first kappa shape index (κ1) is 31.4. The van der Waals surface area contributed by atoms with Gasteiger partial charge in [0.25, 0.3) is 5.91 Å². The molecule has 10 nitrogen and oxygen atoms in total. The van der Waals surface area contributed by atoms with Gasteiger partial charge in [-0.25, -0.2) is 4.79 Å². The number of nitrogens with two attached hydrogens (primary N) is 1.